The number of hydrogen-bond donors (Lipinski definition) is 0. The van der Waals surface area contributed by atoms with Gasteiger partial charge in [-0.15, -0.1) is 0 Å². The van der Waals surface area contributed by atoms with E-state index in [2.05, 4.69) is 15.1 Å². The van der Waals surface area contributed by atoms with Crippen LogP contribution in [-0.4, -0.2) is 30.3 Å². The van der Waals surface area contributed by atoms with Crippen molar-refractivity contribution in [2.45, 2.75) is 77.4 Å². The lowest BCUT2D eigenvalue weighted by molar-refractivity contribution is 0.0985. The van der Waals surface area contributed by atoms with E-state index < -0.39 is 12.2 Å². The maximum atomic E-state index is 14.5. The SMILES string of the molecule is [2H]C([2H])(C1CCC(C)(F)CC1)n1cc(-c2cnc(C3CC3)nc2)c2ncc(-c3c(C)noc3C)cc21. The van der Waals surface area contributed by atoms with Crippen LogP contribution < -0.4 is 0 Å². The summed E-state index contributed by atoms with van der Waals surface area (Å²) in [6.07, 6.45) is 11.2. The number of alkyl halides is 1. The van der Waals surface area contributed by atoms with Crippen molar-refractivity contribution in [2.24, 2.45) is 5.92 Å². The normalized spacial score (nSPS) is 24.3. The minimum absolute atomic E-state index is 0.305. The van der Waals surface area contributed by atoms with Crippen molar-refractivity contribution in [3.8, 4) is 22.3 Å². The van der Waals surface area contributed by atoms with Gasteiger partial charge in [-0.25, -0.2) is 14.4 Å². The molecule has 34 heavy (non-hydrogen) atoms. The number of aromatic nitrogens is 5. The molecule has 0 aliphatic heterocycles. The first-order chi connectivity index (χ1) is 17.1. The van der Waals surface area contributed by atoms with Gasteiger partial charge in [0.15, 0.2) is 0 Å². The van der Waals surface area contributed by atoms with E-state index in [1.165, 1.54) is 0 Å². The van der Waals surface area contributed by atoms with E-state index in [0.717, 1.165) is 46.6 Å². The predicted molar refractivity (Wildman–Crippen MR) is 129 cm³/mol. The molecule has 0 amide bonds. The monoisotopic (exact) mass is 461 g/mol. The van der Waals surface area contributed by atoms with Gasteiger partial charge < -0.3 is 9.09 Å². The first-order valence-electron chi connectivity index (χ1n) is 13.1. The van der Waals surface area contributed by atoms with E-state index in [1.54, 1.807) is 17.7 Å². The van der Waals surface area contributed by atoms with Gasteiger partial charge in [-0.2, -0.15) is 0 Å². The van der Waals surface area contributed by atoms with Crippen LogP contribution >= 0.6 is 0 Å². The minimum atomic E-state index is -1.72. The molecule has 4 aromatic rings. The van der Waals surface area contributed by atoms with Crippen LogP contribution in [0, 0.1) is 19.8 Å². The molecule has 2 saturated carbocycles. The summed E-state index contributed by atoms with van der Waals surface area (Å²) in [6.45, 7) is 3.64. The van der Waals surface area contributed by atoms with Gasteiger partial charge >= 0.3 is 0 Å². The second kappa shape index (κ2) is 8.00. The molecule has 0 atom stereocenters. The standard InChI is InChI=1S/C27H30FN5O/c1-16-24(17(2)34-32-16)20-10-23-25(29-11-20)22(21-12-30-26(31-13-21)19-4-5-19)15-33(23)14-18-6-8-27(3,28)9-7-18/h10-13,15,18-19H,4-9,14H2,1-3H3/i14D2. The summed E-state index contributed by atoms with van der Waals surface area (Å²) in [5.41, 5.74) is 4.16. The van der Waals surface area contributed by atoms with E-state index in [1.807, 2.05) is 38.5 Å². The molecule has 4 heterocycles. The Labute approximate surface area is 201 Å². The van der Waals surface area contributed by atoms with Gasteiger partial charge in [0.25, 0.3) is 0 Å². The smallest absolute Gasteiger partial charge is 0.141 e. The maximum Gasteiger partial charge on any atom is 0.141 e. The van der Waals surface area contributed by atoms with E-state index in [-0.39, 0.29) is 5.92 Å². The Kier molecular flexibility index (Phi) is 4.53. The third-order valence-electron chi connectivity index (χ3n) is 7.24. The van der Waals surface area contributed by atoms with Crippen LogP contribution in [0.3, 0.4) is 0 Å². The molecular weight excluding hydrogens is 429 g/mol. The van der Waals surface area contributed by atoms with Gasteiger partial charge in [0.1, 0.15) is 17.3 Å². The van der Waals surface area contributed by atoms with Crippen LogP contribution in [0.25, 0.3) is 33.3 Å². The molecule has 0 aromatic carbocycles. The summed E-state index contributed by atoms with van der Waals surface area (Å²) < 4.78 is 40.0. The Bertz CT molecular complexity index is 1410. The molecule has 0 saturated heterocycles. The number of rotatable bonds is 5. The largest absolute Gasteiger partial charge is 0.361 e. The zero-order valence-electron chi connectivity index (χ0n) is 21.8. The average Bonchev–Trinajstić information content (AvgIpc) is 3.55. The molecule has 176 valence electrons. The highest BCUT2D eigenvalue weighted by Gasteiger charge is 2.31. The summed E-state index contributed by atoms with van der Waals surface area (Å²) in [5, 5.41) is 4.08. The van der Waals surface area contributed by atoms with Gasteiger partial charge in [-0.05, 0) is 71.3 Å². The summed E-state index contributed by atoms with van der Waals surface area (Å²) in [7, 11) is 0. The number of halogens is 1. The fourth-order valence-corrected chi connectivity index (χ4v) is 5.03. The van der Waals surface area contributed by atoms with Gasteiger partial charge in [-0.3, -0.25) is 4.98 Å². The molecule has 6 nitrogen and oxygen atoms in total. The van der Waals surface area contributed by atoms with Crippen molar-refractivity contribution < 1.29 is 11.7 Å². The lowest BCUT2D eigenvalue weighted by Crippen LogP contribution is -2.27. The van der Waals surface area contributed by atoms with Crippen LogP contribution in [0.1, 0.15) is 71.4 Å². The molecule has 2 aliphatic carbocycles. The quantitative estimate of drug-likeness (QED) is 0.337. The lowest BCUT2D eigenvalue weighted by atomic mass is 9.81. The second-order valence-electron chi connectivity index (χ2n) is 10.1. The number of nitrogens with zero attached hydrogens (tertiary/aromatic N) is 5. The van der Waals surface area contributed by atoms with Crippen LogP contribution in [0.15, 0.2) is 35.4 Å². The molecule has 0 spiro atoms. The highest BCUT2D eigenvalue weighted by Crippen LogP contribution is 2.40. The summed E-state index contributed by atoms with van der Waals surface area (Å²) in [4.78, 5) is 14.0. The predicted octanol–water partition coefficient (Wildman–Crippen LogP) is 6.56. The van der Waals surface area contributed by atoms with Crippen LogP contribution in [0.2, 0.25) is 0 Å². The van der Waals surface area contributed by atoms with Crippen molar-refractivity contribution in [1.29, 1.82) is 0 Å². The Hall–Kier alpha value is -3.09. The van der Waals surface area contributed by atoms with Crippen LogP contribution in [0.4, 0.5) is 4.39 Å². The van der Waals surface area contributed by atoms with E-state index >= 15 is 0 Å². The number of aryl methyl sites for hydroxylation is 2. The van der Waals surface area contributed by atoms with Crippen molar-refractivity contribution in [3.05, 3.63) is 48.1 Å². The molecule has 2 fully saturated rings. The van der Waals surface area contributed by atoms with Gasteiger partial charge in [0, 0.05) is 59.5 Å². The highest BCUT2D eigenvalue weighted by atomic mass is 19.1. The summed E-state index contributed by atoms with van der Waals surface area (Å²) in [5.74, 6) is 1.70. The molecule has 0 unspecified atom stereocenters. The summed E-state index contributed by atoms with van der Waals surface area (Å²) >= 11 is 0. The molecule has 6 rings (SSSR count). The Morgan fingerprint density at radius 3 is 2.44 bits per heavy atom. The van der Waals surface area contributed by atoms with Crippen LogP contribution in [0.5, 0.6) is 0 Å². The number of fused-ring (bicyclic) bond motifs is 1. The molecular formula is C27H30FN5O. The molecule has 2 aliphatic rings. The van der Waals surface area contributed by atoms with Crippen molar-refractivity contribution in [2.75, 3.05) is 0 Å². The lowest BCUT2D eigenvalue weighted by Gasteiger charge is -2.31. The van der Waals surface area contributed by atoms with Crippen molar-refractivity contribution >= 4 is 11.0 Å². The van der Waals surface area contributed by atoms with E-state index in [4.69, 9.17) is 9.51 Å². The third-order valence-corrected chi connectivity index (χ3v) is 7.24. The molecule has 0 bridgehead atoms. The topological polar surface area (TPSA) is 69.6 Å². The highest BCUT2D eigenvalue weighted by molar-refractivity contribution is 5.94. The zero-order chi connectivity index (χ0) is 25.2. The van der Waals surface area contributed by atoms with Gasteiger partial charge in [0.2, 0.25) is 0 Å². The van der Waals surface area contributed by atoms with Crippen molar-refractivity contribution in [1.82, 2.24) is 24.7 Å². The minimum Gasteiger partial charge on any atom is -0.361 e. The maximum absolute atomic E-state index is 14.5. The molecule has 0 N–H and O–H groups in total. The molecule has 0 radical (unpaired) electrons. The van der Waals surface area contributed by atoms with E-state index in [9.17, 15) is 7.13 Å². The first-order valence-corrected chi connectivity index (χ1v) is 12.1. The Morgan fingerprint density at radius 1 is 1.09 bits per heavy atom. The molecule has 7 heteroatoms. The second-order valence-corrected chi connectivity index (χ2v) is 10.1. The van der Waals surface area contributed by atoms with Crippen molar-refractivity contribution in [3.63, 3.8) is 0 Å². The Balaban J connectivity index is 1.49. The summed E-state index contributed by atoms with van der Waals surface area (Å²) in [6, 6.07) is 1.96. The van der Waals surface area contributed by atoms with Gasteiger partial charge in [-0.1, -0.05) is 5.16 Å². The third kappa shape index (κ3) is 3.91. The fourth-order valence-electron chi connectivity index (χ4n) is 5.03. The molecule has 4 aromatic heterocycles. The Morgan fingerprint density at radius 2 is 1.79 bits per heavy atom. The van der Waals surface area contributed by atoms with Crippen LogP contribution in [-0.2, 0) is 6.50 Å². The average molecular weight is 462 g/mol. The number of pyridine rings is 1. The van der Waals surface area contributed by atoms with E-state index in [0.29, 0.717) is 48.4 Å². The zero-order valence-corrected chi connectivity index (χ0v) is 19.8. The fraction of sp³-hybridized carbons (Fsp3) is 0.481. The first kappa shape index (κ1) is 19.2. The van der Waals surface area contributed by atoms with Gasteiger partial charge in [0.05, 0.1) is 19.5 Å². The number of hydrogen-bond acceptors (Lipinski definition) is 5.